The lowest BCUT2D eigenvalue weighted by molar-refractivity contribution is -0.140. The summed E-state index contributed by atoms with van der Waals surface area (Å²) in [6.07, 6.45) is 1.99. The number of halogens is 2. The first-order valence-corrected chi connectivity index (χ1v) is 9.21. The van der Waals surface area contributed by atoms with Crippen LogP contribution in [0.4, 0.5) is 8.78 Å². The molecule has 27 heavy (non-hydrogen) atoms. The Labute approximate surface area is 155 Å². The Hall–Kier alpha value is -2.38. The maximum Gasteiger partial charge on any atom is 0.265 e. The lowest BCUT2D eigenvalue weighted by Crippen LogP contribution is -2.47. The average Bonchev–Trinajstić information content (AvgIpc) is 3.19. The van der Waals surface area contributed by atoms with Crippen LogP contribution >= 0.6 is 0 Å². The van der Waals surface area contributed by atoms with Gasteiger partial charge in [0.15, 0.2) is 17.2 Å². The lowest BCUT2D eigenvalue weighted by atomic mass is 9.93. The monoisotopic (exact) mass is 378 g/mol. The summed E-state index contributed by atoms with van der Waals surface area (Å²) in [6, 6.07) is 5.12. The molecule has 0 aromatic heterocycles. The highest BCUT2D eigenvalue weighted by Gasteiger charge is 2.71. The lowest BCUT2D eigenvalue weighted by Gasteiger charge is -2.22. The van der Waals surface area contributed by atoms with Crippen molar-refractivity contribution in [2.75, 3.05) is 33.0 Å². The van der Waals surface area contributed by atoms with Gasteiger partial charge in [-0.05, 0) is 36.5 Å². The van der Waals surface area contributed by atoms with Crippen molar-refractivity contribution in [3.05, 3.63) is 23.8 Å². The van der Waals surface area contributed by atoms with Gasteiger partial charge < -0.3 is 19.3 Å². The summed E-state index contributed by atoms with van der Waals surface area (Å²) in [5.41, 5.74) is -4.29. The van der Waals surface area contributed by atoms with Crippen molar-refractivity contribution < 1.29 is 27.8 Å². The fourth-order valence-electron chi connectivity index (χ4n) is 4.22. The highest BCUT2D eigenvalue weighted by atomic mass is 19.2. The average molecular weight is 378 g/mol. The zero-order valence-electron chi connectivity index (χ0n) is 14.7. The van der Waals surface area contributed by atoms with Gasteiger partial charge in [-0.3, -0.25) is 9.59 Å². The quantitative estimate of drug-likeness (QED) is 0.796. The standard InChI is InChI=1S/C19H20F2N2O4/c20-18-8-22(7-12-1-2-12)17(25)19(18,21)10-23(9-18)16(24)6-13-3-4-14-15(5-13)27-11-26-14/h3-5,12H,1-2,6-11H2/t18-,19-/m1/s1. The van der Waals surface area contributed by atoms with E-state index in [1.165, 1.54) is 4.90 Å². The minimum absolute atomic E-state index is 0.0111. The molecule has 1 aliphatic carbocycles. The first kappa shape index (κ1) is 16.8. The van der Waals surface area contributed by atoms with E-state index in [4.69, 9.17) is 9.47 Å². The number of nitrogens with zero attached hydrogens (tertiary/aromatic N) is 2. The molecule has 0 radical (unpaired) electrons. The van der Waals surface area contributed by atoms with Crippen molar-refractivity contribution >= 4 is 11.8 Å². The largest absolute Gasteiger partial charge is 0.454 e. The van der Waals surface area contributed by atoms with Crippen LogP contribution in [0.5, 0.6) is 11.5 Å². The summed E-state index contributed by atoms with van der Waals surface area (Å²) in [5.74, 6) is 0.306. The second kappa shape index (κ2) is 5.56. The molecule has 5 rings (SSSR count). The summed E-state index contributed by atoms with van der Waals surface area (Å²) in [5, 5.41) is 0. The van der Waals surface area contributed by atoms with Crippen LogP contribution in [0.2, 0.25) is 0 Å². The van der Waals surface area contributed by atoms with Crippen LogP contribution in [0, 0.1) is 5.92 Å². The number of carbonyl (C=O) groups is 2. The Bertz CT molecular complexity index is 830. The van der Waals surface area contributed by atoms with E-state index in [0.717, 1.165) is 17.7 Å². The molecule has 3 heterocycles. The van der Waals surface area contributed by atoms with E-state index >= 15 is 8.78 Å². The van der Waals surface area contributed by atoms with E-state index < -0.39 is 29.7 Å². The van der Waals surface area contributed by atoms with Gasteiger partial charge in [0.2, 0.25) is 18.4 Å². The molecule has 8 heteroatoms. The highest BCUT2D eigenvalue weighted by molar-refractivity contribution is 5.92. The third kappa shape index (κ3) is 2.56. The Kier molecular flexibility index (Phi) is 3.45. The number of hydrogen-bond donors (Lipinski definition) is 0. The van der Waals surface area contributed by atoms with Crippen LogP contribution in [0.25, 0.3) is 0 Å². The van der Waals surface area contributed by atoms with E-state index in [-0.39, 0.29) is 26.3 Å². The van der Waals surface area contributed by atoms with Gasteiger partial charge in [-0.1, -0.05) is 6.07 Å². The molecule has 2 amide bonds. The molecule has 1 aromatic rings. The molecule has 3 aliphatic heterocycles. The van der Waals surface area contributed by atoms with Crippen molar-refractivity contribution in [1.29, 1.82) is 0 Å². The predicted molar refractivity (Wildman–Crippen MR) is 89.8 cm³/mol. The van der Waals surface area contributed by atoms with Gasteiger partial charge in [0.1, 0.15) is 0 Å². The van der Waals surface area contributed by atoms with E-state index in [2.05, 4.69) is 0 Å². The van der Waals surface area contributed by atoms with Crippen LogP contribution in [-0.2, 0) is 16.0 Å². The Morgan fingerprint density at radius 2 is 1.93 bits per heavy atom. The summed E-state index contributed by atoms with van der Waals surface area (Å²) in [6.45, 7) is -0.631. The number of fused-ring (bicyclic) bond motifs is 2. The molecule has 4 aliphatic rings. The molecule has 1 saturated carbocycles. The fourth-order valence-corrected chi connectivity index (χ4v) is 4.22. The number of benzene rings is 1. The zero-order valence-corrected chi connectivity index (χ0v) is 14.7. The molecule has 0 bridgehead atoms. The van der Waals surface area contributed by atoms with Gasteiger partial charge in [-0.2, -0.15) is 0 Å². The van der Waals surface area contributed by atoms with Gasteiger partial charge >= 0.3 is 0 Å². The van der Waals surface area contributed by atoms with Crippen LogP contribution in [-0.4, -0.2) is 65.9 Å². The second-order valence-electron chi connectivity index (χ2n) is 8.01. The smallest absolute Gasteiger partial charge is 0.265 e. The highest BCUT2D eigenvalue weighted by Crippen LogP contribution is 2.47. The number of ether oxygens (including phenoxy) is 2. The molecule has 0 spiro atoms. The molecule has 2 saturated heterocycles. The van der Waals surface area contributed by atoms with Crippen LogP contribution in [0.15, 0.2) is 18.2 Å². The van der Waals surface area contributed by atoms with Crippen molar-refractivity contribution in [3.8, 4) is 11.5 Å². The number of carbonyl (C=O) groups excluding carboxylic acids is 2. The van der Waals surface area contributed by atoms with Gasteiger partial charge in [-0.25, -0.2) is 8.78 Å². The van der Waals surface area contributed by atoms with Crippen molar-refractivity contribution in [3.63, 3.8) is 0 Å². The molecular weight excluding hydrogens is 358 g/mol. The summed E-state index contributed by atoms with van der Waals surface area (Å²) in [4.78, 5) is 27.5. The number of hydrogen-bond acceptors (Lipinski definition) is 4. The fraction of sp³-hybridized carbons (Fsp3) is 0.579. The van der Waals surface area contributed by atoms with E-state index in [0.29, 0.717) is 29.5 Å². The third-order valence-corrected chi connectivity index (χ3v) is 5.95. The van der Waals surface area contributed by atoms with Gasteiger partial charge in [0.25, 0.3) is 5.91 Å². The van der Waals surface area contributed by atoms with Crippen molar-refractivity contribution in [2.24, 2.45) is 5.92 Å². The predicted octanol–water partition coefficient (Wildman–Crippen LogP) is 1.47. The number of rotatable bonds is 4. The van der Waals surface area contributed by atoms with E-state index in [9.17, 15) is 9.59 Å². The molecule has 2 atom stereocenters. The Morgan fingerprint density at radius 3 is 2.67 bits per heavy atom. The summed E-state index contributed by atoms with van der Waals surface area (Å²) < 4.78 is 41.2. The van der Waals surface area contributed by atoms with Gasteiger partial charge in [-0.15, -0.1) is 0 Å². The number of likely N-dealkylation sites (tertiary alicyclic amines) is 2. The first-order chi connectivity index (χ1) is 12.9. The molecule has 144 valence electrons. The van der Waals surface area contributed by atoms with Gasteiger partial charge in [0.05, 0.1) is 26.1 Å². The molecule has 6 nitrogen and oxygen atoms in total. The maximum absolute atomic E-state index is 15.3. The summed E-state index contributed by atoms with van der Waals surface area (Å²) in [7, 11) is 0. The number of amides is 2. The van der Waals surface area contributed by atoms with Crippen LogP contribution < -0.4 is 9.47 Å². The van der Waals surface area contributed by atoms with Crippen LogP contribution in [0.3, 0.4) is 0 Å². The van der Waals surface area contributed by atoms with E-state index in [1.54, 1.807) is 18.2 Å². The molecule has 0 N–H and O–H groups in total. The Morgan fingerprint density at radius 1 is 1.15 bits per heavy atom. The minimum atomic E-state index is -2.63. The van der Waals surface area contributed by atoms with Crippen molar-refractivity contribution in [2.45, 2.75) is 30.6 Å². The maximum atomic E-state index is 15.3. The van der Waals surface area contributed by atoms with Gasteiger partial charge in [0, 0.05) is 6.54 Å². The first-order valence-electron chi connectivity index (χ1n) is 9.21. The third-order valence-electron chi connectivity index (χ3n) is 5.95. The molecule has 0 unspecified atom stereocenters. The Balaban J connectivity index is 1.29. The zero-order chi connectivity index (χ0) is 18.8. The molecular formula is C19H20F2N2O4. The minimum Gasteiger partial charge on any atom is -0.454 e. The summed E-state index contributed by atoms with van der Waals surface area (Å²) >= 11 is 0. The number of alkyl halides is 2. The second-order valence-corrected chi connectivity index (χ2v) is 8.01. The van der Waals surface area contributed by atoms with Crippen LogP contribution in [0.1, 0.15) is 18.4 Å². The topological polar surface area (TPSA) is 59.1 Å². The molecule has 3 fully saturated rings. The van der Waals surface area contributed by atoms with E-state index in [1.807, 2.05) is 0 Å². The molecule has 1 aromatic carbocycles. The SMILES string of the molecule is O=C(Cc1ccc2c(c1)OCO2)N1C[C@]2(F)CN(CC3CC3)C(=O)[C@]2(F)C1. The normalized spacial score (nSPS) is 31.6. The van der Waals surface area contributed by atoms with Crippen molar-refractivity contribution in [1.82, 2.24) is 9.80 Å².